The van der Waals surface area contributed by atoms with Crippen molar-refractivity contribution in [1.82, 2.24) is 5.32 Å². The van der Waals surface area contributed by atoms with Crippen LogP contribution in [0.5, 0.6) is 0 Å². The average Bonchev–Trinajstić information content (AvgIpc) is 2.38. The van der Waals surface area contributed by atoms with Crippen molar-refractivity contribution in [1.29, 1.82) is 0 Å². The highest BCUT2D eigenvalue weighted by Crippen LogP contribution is 2.14. The Kier molecular flexibility index (Phi) is 6.30. The van der Waals surface area contributed by atoms with Crippen LogP contribution in [0.1, 0.15) is 44.2 Å². The van der Waals surface area contributed by atoms with Gasteiger partial charge in [0.25, 0.3) is 0 Å². The van der Waals surface area contributed by atoms with Crippen LogP contribution in [0.3, 0.4) is 0 Å². The van der Waals surface area contributed by atoms with Gasteiger partial charge >= 0.3 is 5.97 Å². The molecule has 3 nitrogen and oxygen atoms in total. The van der Waals surface area contributed by atoms with E-state index >= 15 is 0 Å². The van der Waals surface area contributed by atoms with Gasteiger partial charge in [-0.25, -0.2) is 4.79 Å². The molecular formula is C16H23NO2. The molecule has 0 saturated carbocycles. The molecule has 0 aliphatic carbocycles. The summed E-state index contributed by atoms with van der Waals surface area (Å²) in [5.41, 5.74) is 3.01. The zero-order chi connectivity index (χ0) is 14.3. The molecule has 0 fully saturated rings. The highest BCUT2D eigenvalue weighted by Gasteiger charge is 2.02. The van der Waals surface area contributed by atoms with Crippen molar-refractivity contribution in [3.8, 4) is 0 Å². The summed E-state index contributed by atoms with van der Waals surface area (Å²) in [6, 6.07) is 8.52. The van der Waals surface area contributed by atoms with Gasteiger partial charge in [-0.1, -0.05) is 51.1 Å². The zero-order valence-electron chi connectivity index (χ0n) is 11.9. The molecule has 0 amide bonds. The van der Waals surface area contributed by atoms with Crippen LogP contribution in [0.4, 0.5) is 0 Å². The second-order valence-corrected chi connectivity index (χ2v) is 4.92. The molecule has 1 aromatic rings. The van der Waals surface area contributed by atoms with Gasteiger partial charge in [0.05, 0.1) is 0 Å². The summed E-state index contributed by atoms with van der Waals surface area (Å²) >= 11 is 0. The van der Waals surface area contributed by atoms with Crippen molar-refractivity contribution < 1.29 is 9.90 Å². The first-order chi connectivity index (χ1) is 9.04. The van der Waals surface area contributed by atoms with Crippen molar-refractivity contribution >= 4 is 5.97 Å². The van der Waals surface area contributed by atoms with Crippen molar-refractivity contribution in [2.24, 2.45) is 0 Å². The molecular weight excluding hydrogens is 238 g/mol. The van der Waals surface area contributed by atoms with E-state index in [-0.39, 0.29) is 0 Å². The lowest BCUT2D eigenvalue weighted by molar-refractivity contribution is -0.132. The fourth-order valence-electron chi connectivity index (χ4n) is 1.82. The third kappa shape index (κ3) is 5.26. The maximum atomic E-state index is 10.8. The Hall–Kier alpha value is -1.61. The average molecular weight is 261 g/mol. The van der Waals surface area contributed by atoms with Gasteiger partial charge in [-0.15, -0.1) is 0 Å². The fourth-order valence-corrected chi connectivity index (χ4v) is 1.82. The molecule has 1 aromatic carbocycles. The lowest BCUT2D eigenvalue weighted by atomic mass is 10.0. The Labute approximate surface area is 115 Å². The SMILES string of the molecule is CC/C(=C/CNCc1ccc(C(C)C)cc1)C(=O)O. The van der Waals surface area contributed by atoms with Gasteiger partial charge in [-0.3, -0.25) is 0 Å². The first-order valence-corrected chi connectivity index (χ1v) is 6.76. The zero-order valence-corrected chi connectivity index (χ0v) is 11.9. The second kappa shape index (κ2) is 7.74. The molecule has 104 valence electrons. The fraction of sp³-hybridized carbons (Fsp3) is 0.438. The van der Waals surface area contributed by atoms with Crippen molar-refractivity contribution in [2.45, 2.75) is 39.7 Å². The molecule has 0 unspecified atom stereocenters. The molecule has 19 heavy (non-hydrogen) atoms. The van der Waals surface area contributed by atoms with Gasteiger partial charge in [0.1, 0.15) is 0 Å². The Bertz CT molecular complexity index is 433. The number of carbonyl (C=O) groups is 1. The minimum atomic E-state index is -0.828. The second-order valence-electron chi connectivity index (χ2n) is 4.92. The van der Waals surface area contributed by atoms with Crippen LogP contribution < -0.4 is 5.32 Å². The summed E-state index contributed by atoms with van der Waals surface area (Å²) in [5, 5.41) is 12.1. The van der Waals surface area contributed by atoms with Gasteiger partial charge in [0.2, 0.25) is 0 Å². The largest absolute Gasteiger partial charge is 0.478 e. The summed E-state index contributed by atoms with van der Waals surface area (Å²) in [6.07, 6.45) is 2.30. The molecule has 3 heteroatoms. The van der Waals surface area contributed by atoms with Crippen molar-refractivity contribution in [3.05, 3.63) is 47.0 Å². The summed E-state index contributed by atoms with van der Waals surface area (Å²) in [4.78, 5) is 10.8. The molecule has 1 rings (SSSR count). The molecule has 0 aromatic heterocycles. The van der Waals surface area contributed by atoms with Crippen LogP contribution in [0.25, 0.3) is 0 Å². The van der Waals surface area contributed by atoms with E-state index in [2.05, 4.69) is 43.4 Å². The van der Waals surface area contributed by atoms with Crippen LogP contribution in [-0.2, 0) is 11.3 Å². The minimum absolute atomic E-state index is 0.461. The van der Waals surface area contributed by atoms with Crippen LogP contribution in [0, 0.1) is 0 Å². The monoisotopic (exact) mass is 261 g/mol. The quantitative estimate of drug-likeness (QED) is 0.584. The first-order valence-electron chi connectivity index (χ1n) is 6.76. The maximum Gasteiger partial charge on any atom is 0.331 e. The molecule has 0 spiro atoms. The number of hydrogen-bond donors (Lipinski definition) is 2. The van der Waals surface area contributed by atoms with Crippen LogP contribution in [0.2, 0.25) is 0 Å². The van der Waals surface area contributed by atoms with Crippen LogP contribution in [-0.4, -0.2) is 17.6 Å². The Balaban J connectivity index is 2.43. The van der Waals surface area contributed by atoms with E-state index in [1.807, 2.05) is 6.92 Å². The number of carboxylic acid groups (broad SMARTS) is 1. The van der Waals surface area contributed by atoms with E-state index in [0.29, 0.717) is 24.5 Å². The van der Waals surface area contributed by atoms with E-state index < -0.39 is 5.97 Å². The minimum Gasteiger partial charge on any atom is -0.478 e. The van der Waals surface area contributed by atoms with Gasteiger partial charge < -0.3 is 10.4 Å². The molecule has 0 bridgehead atoms. The molecule has 0 aliphatic rings. The van der Waals surface area contributed by atoms with Crippen molar-refractivity contribution in [3.63, 3.8) is 0 Å². The number of rotatable bonds is 7. The predicted molar refractivity (Wildman–Crippen MR) is 78.2 cm³/mol. The Morgan fingerprint density at radius 2 is 1.95 bits per heavy atom. The Morgan fingerprint density at radius 3 is 2.42 bits per heavy atom. The van der Waals surface area contributed by atoms with Gasteiger partial charge in [-0.05, 0) is 23.5 Å². The number of aliphatic carboxylic acids is 1. The third-order valence-electron chi connectivity index (χ3n) is 3.12. The number of benzene rings is 1. The normalized spacial score (nSPS) is 11.9. The molecule has 0 heterocycles. The van der Waals surface area contributed by atoms with E-state index in [0.717, 1.165) is 6.54 Å². The van der Waals surface area contributed by atoms with E-state index in [1.54, 1.807) is 6.08 Å². The van der Waals surface area contributed by atoms with Crippen LogP contribution in [0.15, 0.2) is 35.9 Å². The Morgan fingerprint density at radius 1 is 1.32 bits per heavy atom. The molecule has 0 saturated heterocycles. The summed E-state index contributed by atoms with van der Waals surface area (Å²) in [7, 11) is 0. The molecule has 0 aliphatic heterocycles. The van der Waals surface area contributed by atoms with E-state index in [9.17, 15) is 4.79 Å². The highest BCUT2D eigenvalue weighted by molar-refractivity contribution is 5.86. The molecule has 0 atom stereocenters. The lowest BCUT2D eigenvalue weighted by Gasteiger charge is -2.07. The highest BCUT2D eigenvalue weighted by atomic mass is 16.4. The summed E-state index contributed by atoms with van der Waals surface area (Å²) < 4.78 is 0. The van der Waals surface area contributed by atoms with Gasteiger partial charge in [0, 0.05) is 18.7 Å². The maximum absolute atomic E-state index is 10.8. The number of carboxylic acids is 1. The van der Waals surface area contributed by atoms with E-state index in [1.165, 1.54) is 11.1 Å². The third-order valence-corrected chi connectivity index (χ3v) is 3.12. The number of hydrogen-bond acceptors (Lipinski definition) is 2. The van der Waals surface area contributed by atoms with Crippen LogP contribution >= 0.6 is 0 Å². The summed E-state index contributed by atoms with van der Waals surface area (Å²) in [5.74, 6) is -0.279. The smallest absolute Gasteiger partial charge is 0.331 e. The lowest BCUT2D eigenvalue weighted by Crippen LogP contribution is -2.14. The van der Waals surface area contributed by atoms with Crippen molar-refractivity contribution in [2.75, 3.05) is 6.54 Å². The standard InChI is InChI=1S/C16H23NO2/c1-4-14(16(18)19)9-10-17-11-13-5-7-15(8-6-13)12(2)3/h5-9,12,17H,4,10-11H2,1-3H3,(H,18,19)/b14-9-. The molecule has 0 radical (unpaired) electrons. The van der Waals surface area contributed by atoms with E-state index in [4.69, 9.17) is 5.11 Å². The topological polar surface area (TPSA) is 49.3 Å². The molecule has 2 N–H and O–H groups in total. The summed E-state index contributed by atoms with van der Waals surface area (Å²) in [6.45, 7) is 7.55. The van der Waals surface area contributed by atoms with Gasteiger partial charge in [-0.2, -0.15) is 0 Å². The number of nitrogens with one attached hydrogen (secondary N) is 1. The predicted octanol–water partition coefficient (Wildman–Crippen LogP) is 3.32. The first kappa shape index (κ1) is 15.4. The van der Waals surface area contributed by atoms with Gasteiger partial charge in [0.15, 0.2) is 0 Å².